The number of hydrogen-bond acceptors (Lipinski definition) is 5. The van der Waals surface area contributed by atoms with E-state index in [1.165, 1.54) is 6.20 Å². The van der Waals surface area contributed by atoms with Crippen LogP contribution >= 0.6 is 0 Å². The molecule has 1 heterocycles. The van der Waals surface area contributed by atoms with E-state index < -0.39 is 28.9 Å². The number of carbonyl (C=O) groups is 1. The van der Waals surface area contributed by atoms with Gasteiger partial charge in [0.15, 0.2) is 0 Å². The minimum absolute atomic E-state index is 0.0419. The summed E-state index contributed by atoms with van der Waals surface area (Å²) in [6.45, 7) is 0.280. The lowest BCUT2D eigenvalue weighted by Gasteiger charge is -2.30. The molecule has 11 heteroatoms. The first-order chi connectivity index (χ1) is 17.5. The van der Waals surface area contributed by atoms with Crippen LogP contribution in [-0.4, -0.2) is 16.4 Å². The summed E-state index contributed by atoms with van der Waals surface area (Å²) in [5, 5.41) is 0. The van der Waals surface area contributed by atoms with Gasteiger partial charge in [-0.1, -0.05) is 43.2 Å². The molecule has 0 atom stereocenters. The number of nitrogens with zero attached hydrogens (tertiary/aromatic N) is 2. The van der Waals surface area contributed by atoms with Crippen molar-refractivity contribution in [1.29, 1.82) is 0 Å². The number of benzene rings is 2. The zero-order chi connectivity index (χ0) is 26.7. The van der Waals surface area contributed by atoms with Gasteiger partial charge in [-0.15, -0.1) is 0 Å². The van der Waals surface area contributed by atoms with Crippen LogP contribution in [0.5, 0.6) is 11.6 Å². The van der Waals surface area contributed by atoms with Gasteiger partial charge in [0.25, 0.3) is 12.4 Å². The summed E-state index contributed by atoms with van der Waals surface area (Å²) < 4.78 is 91.6. The lowest BCUT2D eigenvalue weighted by Crippen LogP contribution is -2.28. The van der Waals surface area contributed by atoms with Crippen LogP contribution in [0.2, 0.25) is 0 Å². The molecule has 3 aromatic rings. The summed E-state index contributed by atoms with van der Waals surface area (Å²) in [5.74, 6) is -0.0144. The normalized spacial score (nSPS) is 15.4. The molecule has 37 heavy (non-hydrogen) atoms. The Morgan fingerprint density at radius 2 is 1.54 bits per heavy atom. The van der Waals surface area contributed by atoms with Crippen molar-refractivity contribution in [3.05, 3.63) is 82.8 Å². The maximum absolute atomic E-state index is 13.5. The molecule has 1 aromatic heterocycles. The molecule has 1 saturated carbocycles. The SMILES string of the molecule is O=COc1nc(CC2(c3cc(C(F)(F)F)cc(C(F)(F)F)c3)CCCC2)ncc1OCc1ccccc1. The minimum Gasteiger partial charge on any atom is -0.482 e. The summed E-state index contributed by atoms with van der Waals surface area (Å²) in [4.78, 5) is 19.5. The van der Waals surface area contributed by atoms with Crippen LogP contribution in [0.1, 0.15) is 53.8 Å². The van der Waals surface area contributed by atoms with E-state index in [-0.39, 0.29) is 48.6 Å². The van der Waals surface area contributed by atoms with E-state index in [0.29, 0.717) is 25.7 Å². The van der Waals surface area contributed by atoms with Crippen LogP contribution in [0, 0.1) is 0 Å². The first kappa shape index (κ1) is 26.4. The lowest BCUT2D eigenvalue weighted by molar-refractivity contribution is -0.143. The van der Waals surface area contributed by atoms with Gasteiger partial charge in [-0.3, -0.25) is 4.79 Å². The van der Waals surface area contributed by atoms with Gasteiger partial charge in [0.05, 0.1) is 17.3 Å². The Balaban J connectivity index is 1.68. The van der Waals surface area contributed by atoms with Gasteiger partial charge >= 0.3 is 12.4 Å². The average molecular weight is 524 g/mol. The van der Waals surface area contributed by atoms with Gasteiger partial charge in [-0.05, 0) is 42.2 Å². The topological polar surface area (TPSA) is 61.3 Å². The Morgan fingerprint density at radius 1 is 0.919 bits per heavy atom. The van der Waals surface area contributed by atoms with Crippen LogP contribution in [-0.2, 0) is 35.6 Å². The van der Waals surface area contributed by atoms with Crippen LogP contribution in [0.4, 0.5) is 26.3 Å². The number of hydrogen-bond donors (Lipinski definition) is 0. The van der Waals surface area contributed by atoms with Crippen molar-refractivity contribution in [2.24, 2.45) is 0 Å². The molecule has 196 valence electrons. The Kier molecular flexibility index (Phi) is 7.42. The second kappa shape index (κ2) is 10.4. The average Bonchev–Trinajstić information content (AvgIpc) is 3.33. The molecule has 0 N–H and O–H groups in total. The molecule has 4 rings (SSSR count). The number of aromatic nitrogens is 2. The predicted molar refractivity (Wildman–Crippen MR) is 120 cm³/mol. The van der Waals surface area contributed by atoms with E-state index in [0.717, 1.165) is 17.7 Å². The molecule has 0 spiro atoms. The zero-order valence-corrected chi connectivity index (χ0v) is 19.4. The second-order valence-corrected chi connectivity index (χ2v) is 8.90. The molecule has 5 nitrogen and oxygen atoms in total. The Labute approximate surface area is 208 Å². The lowest BCUT2D eigenvalue weighted by atomic mass is 9.74. The first-order valence-corrected chi connectivity index (χ1v) is 11.4. The van der Waals surface area contributed by atoms with Crippen LogP contribution in [0.25, 0.3) is 0 Å². The Morgan fingerprint density at radius 3 is 2.11 bits per heavy atom. The van der Waals surface area contributed by atoms with Crippen molar-refractivity contribution in [2.75, 3.05) is 0 Å². The van der Waals surface area contributed by atoms with E-state index in [4.69, 9.17) is 9.47 Å². The largest absolute Gasteiger partial charge is 0.482 e. The van der Waals surface area contributed by atoms with Gasteiger partial charge in [0.2, 0.25) is 5.75 Å². The molecule has 0 radical (unpaired) electrons. The summed E-state index contributed by atoms with van der Waals surface area (Å²) in [5.41, 5.74) is -3.01. The number of carbonyl (C=O) groups excluding carboxylic acids is 1. The van der Waals surface area contributed by atoms with Gasteiger partial charge in [0.1, 0.15) is 12.4 Å². The summed E-state index contributed by atoms with van der Waals surface area (Å²) >= 11 is 0. The molecule has 0 unspecified atom stereocenters. The second-order valence-electron chi connectivity index (χ2n) is 8.90. The number of halogens is 6. The highest BCUT2D eigenvalue weighted by atomic mass is 19.4. The fraction of sp³-hybridized carbons (Fsp3) is 0.346. The highest BCUT2D eigenvalue weighted by Gasteiger charge is 2.42. The number of ether oxygens (including phenoxy) is 2. The smallest absolute Gasteiger partial charge is 0.416 e. The highest BCUT2D eigenvalue weighted by Crippen LogP contribution is 2.47. The minimum atomic E-state index is -4.95. The standard InChI is InChI=1S/C26H22F6N2O3/c27-25(28,29)19-10-18(11-20(12-19)26(30,31)32)24(8-4-5-9-24)13-22-33-14-21(23(34-22)37-16-35)36-15-17-6-2-1-3-7-17/h1-3,6-7,10-12,14,16H,4-5,8-9,13,15H2. The van der Waals surface area contributed by atoms with E-state index in [9.17, 15) is 31.1 Å². The van der Waals surface area contributed by atoms with Crippen molar-refractivity contribution in [1.82, 2.24) is 9.97 Å². The predicted octanol–water partition coefficient (Wildman–Crippen LogP) is 6.68. The summed E-state index contributed by atoms with van der Waals surface area (Å²) in [7, 11) is 0. The molecule has 1 aliphatic rings. The molecular weight excluding hydrogens is 502 g/mol. The van der Waals surface area contributed by atoms with Crippen LogP contribution in [0.3, 0.4) is 0 Å². The van der Waals surface area contributed by atoms with Crippen LogP contribution in [0.15, 0.2) is 54.7 Å². The molecule has 1 aliphatic carbocycles. The van der Waals surface area contributed by atoms with E-state index in [1.54, 1.807) is 0 Å². The fourth-order valence-electron chi connectivity index (χ4n) is 4.62. The number of rotatable bonds is 8. The van der Waals surface area contributed by atoms with Gasteiger partial charge < -0.3 is 9.47 Å². The van der Waals surface area contributed by atoms with Crippen LogP contribution < -0.4 is 9.47 Å². The fourth-order valence-corrected chi connectivity index (χ4v) is 4.62. The number of alkyl halides is 6. The molecule has 0 saturated heterocycles. The molecule has 0 bridgehead atoms. The first-order valence-electron chi connectivity index (χ1n) is 11.4. The van der Waals surface area contributed by atoms with E-state index in [2.05, 4.69) is 9.97 Å². The van der Waals surface area contributed by atoms with E-state index >= 15 is 0 Å². The highest BCUT2D eigenvalue weighted by molar-refractivity contribution is 5.47. The molecule has 1 fully saturated rings. The van der Waals surface area contributed by atoms with Gasteiger partial charge in [-0.25, -0.2) is 4.98 Å². The molecule has 2 aromatic carbocycles. The molecule has 0 aliphatic heterocycles. The van der Waals surface area contributed by atoms with Crippen molar-refractivity contribution in [3.8, 4) is 11.6 Å². The maximum Gasteiger partial charge on any atom is 0.416 e. The monoisotopic (exact) mass is 524 g/mol. The Bertz CT molecular complexity index is 1210. The van der Waals surface area contributed by atoms with Crippen molar-refractivity contribution < 1.29 is 40.6 Å². The maximum atomic E-state index is 13.5. The third kappa shape index (κ3) is 6.20. The van der Waals surface area contributed by atoms with E-state index in [1.807, 2.05) is 30.3 Å². The summed E-state index contributed by atoms with van der Waals surface area (Å²) in [6.07, 6.45) is -6.72. The zero-order valence-electron chi connectivity index (χ0n) is 19.4. The third-order valence-corrected chi connectivity index (χ3v) is 6.43. The third-order valence-electron chi connectivity index (χ3n) is 6.43. The Hall–Kier alpha value is -3.63. The quantitative estimate of drug-likeness (QED) is 0.243. The molecule has 0 amide bonds. The van der Waals surface area contributed by atoms with Crippen molar-refractivity contribution in [3.63, 3.8) is 0 Å². The van der Waals surface area contributed by atoms with Gasteiger partial charge in [-0.2, -0.15) is 31.3 Å². The summed E-state index contributed by atoms with van der Waals surface area (Å²) in [6, 6.07) is 10.8. The van der Waals surface area contributed by atoms with Crippen molar-refractivity contribution >= 4 is 6.47 Å². The van der Waals surface area contributed by atoms with Crippen molar-refractivity contribution in [2.45, 2.75) is 56.5 Å². The molecular formula is C26H22F6N2O3. The van der Waals surface area contributed by atoms with Gasteiger partial charge in [0, 0.05) is 11.8 Å².